The molecule has 20 heavy (non-hydrogen) atoms. The van der Waals surface area contributed by atoms with Crippen molar-refractivity contribution in [3.63, 3.8) is 0 Å². The van der Waals surface area contributed by atoms with Crippen LogP contribution in [0.4, 0.5) is 0 Å². The third kappa shape index (κ3) is 2.39. The van der Waals surface area contributed by atoms with E-state index in [1.54, 1.807) is 6.20 Å². The Morgan fingerprint density at radius 1 is 1.20 bits per heavy atom. The molecule has 2 heterocycles. The number of benzene rings is 1. The average Bonchev–Trinajstić information content (AvgIpc) is 2.82. The van der Waals surface area contributed by atoms with Gasteiger partial charge in [0, 0.05) is 17.2 Å². The molecule has 0 radical (unpaired) electrons. The van der Waals surface area contributed by atoms with E-state index in [9.17, 15) is 5.11 Å². The summed E-state index contributed by atoms with van der Waals surface area (Å²) >= 11 is 6.73. The molecule has 1 unspecified atom stereocenters. The predicted molar refractivity (Wildman–Crippen MR) is 85.3 cm³/mol. The Morgan fingerprint density at radius 3 is 2.65 bits per heavy atom. The number of rotatable bonds is 3. The van der Waals surface area contributed by atoms with Crippen molar-refractivity contribution in [2.24, 2.45) is 0 Å². The molecule has 0 spiro atoms. The van der Waals surface area contributed by atoms with Gasteiger partial charge in [-0.1, -0.05) is 28.1 Å². The molecule has 0 amide bonds. The smallest absolute Gasteiger partial charge is 0.184 e. The van der Waals surface area contributed by atoms with E-state index in [-0.39, 0.29) is 0 Å². The number of aliphatic hydroxyl groups excluding tert-OH is 1. The third-order valence-corrected chi connectivity index (χ3v) is 4.20. The van der Waals surface area contributed by atoms with Gasteiger partial charge in [0.05, 0.1) is 6.10 Å². The molecule has 1 atom stereocenters. The van der Waals surface area contributed by atoms with Crippen molar-refractivity contribution >= 4 is 43.0 Å². The van der Waals surface area contributed by atoms with Gasteiger partial charge in [-0.25, -0.2) is 9.97 Å². The lowest BCUT2D eigenvalue weighted by atomic mass is 10.1. The van der Waals surface area contributed by atoms with E-state index in [0.717, 1.165) is 22.4 Å². The summed E-state index contributed by atoms with van der Waals surface area (Å²) in [5.41, 5.74) is 3.46. The summed E-state index contributed by atoms with van der Waals surface area (Å²) in [6.45, 7) is 0. The van der Waals surface area contributed by atoms with E-state index in [1.165, 1.54) is 0 Å². The summed E-state index contributed by atoms with van der Waals surface area (Å²) in [7, 11) is 0. The van der Waals surface area contributed by atoms with Gasteiger partial charge in [0.15, 0.2) is 10.4 Å². The lowest BCUT2D eigenvalue weighted by Gasteiger charge is -2.09. The maximum absolute atomic E-state index is 9.79. The number of nitrogens with zero attached hydrogens (tertiary/aromatic N) is 3. The SMILES string of the molecule is OC(CBr)c1ccc(-n2c(Br)nc3cccnc32)cc1. The molecule has 0 bridgehead atoms. The normalized spacial score (nSPS) is 12.8. The van der Waals surface area contributed by atoms with E-state index in [2.05, 4.69) is 41.8 Å². The number of fused-ring (bicyclic) bond motifs is 1. The first-order chi connectivity index (χ1) is 9.70. The van der Waals surface area contributed by atoms with Crippen molar-refractivity contribution < 1.29 is 5.11 Å². The number of imidazole rings is 1. The standard InChI is InChI=1S/C14H11Br2N3O/c15-8-12(20)9-3-5-10(6-4-9)19-13-11(18-14(19)16)2-1-7-17-13/h1-7,12,20H,8H2. The number of aliphatic hydroxyl groups is 1. The summed E-state index contributed by atoms with van der Waals surface area (Å²) in [4.78, 5) is 8.79. The lowest BCUT2D eigenvalue weighted by molar-refractivity contribution is 0.205. The molecule has 0 aliphatic carbocycles. The second-order valence-corrected chi connectivity index (χ2v) is 5.68. The molecule has 6 heteroatoms. The highest BCUT2D eigenvalue weighted by atomic mass is 79.9. The average molecular weight is 397 g/mol. The highest BCUT2D eigenvalue weighted by Crippen LogP contribution is 2.24. The molecule has 4 nitrogen and oxygen atoms in total. The van der Waals surface area contributed by atoms with Gasteiger partial charge in [0.25, 0.3) is 0 Å². The first-order valence-corrected chi connectivity index (χ1v) is 7.95. The molecule has 0 aliphatic rings. The monoisotopic (exact) mass is 395 g/mol. The summed E-state index contributed by atoms with van der Waals surface area (Å²) in [5, 5.41) is 10.3. The van der Waals surface area contributed by atoms with Gasteiger partial charge in [-0.3, -0.25) is 4.57 Å². The number of pyridine rings is 1. The fraction of sp³-hybridized carbons (Fsp3) is 0.143. The van der Waals surface area contributed by atoms with Crippen LogP contribution in [-0.4, -0.2) is 25.0 Å². The van der Waals surface area contributed by atoms with E-state index >= 15 is 0 Å². The Balaban J connectivity index is 2.09. The van der Waals surface area contributed by atoms with Crippen LogP contribution in [-0.2, 0) is 0 Å². The minimum atomic E-state index is -0.495. The zero-order valence-corrected chi connectivity index (χ0v) is 13.5. The molecule has 0 fully saturated rings. The molecule has 102 valence electrons. The highest BCUT2D eigenvalue weighted by molar-refractivity contribution is 9.10. The number of alkyl halides is 1. The van der Waals surface area contributed by atoms with Crippen LogP contribution in [0.1, 0.15) is 11.7 Å². The summed E-state index contributed by atoms with van der Waals surface area (Å²) in [6.07, 6.45) is 1.25. The minimum absolute atomic E-state index is 0.495. The van der Waals surface area contributed by atoms with E-state index in [1.807, 2.05) is 41.0 Å². The van der Waals surface area contributed by atoms with Crippen molar-refractivity contribution in [2.75, 3.05) is 5.33 Å². The minimum Gasteiger partial charge on any atom is -0.388 e. The molecule has 0 aliphatic heterocycles. The molecule has 2 aromatic heterocycles. The van der Waals surface area contributed by atoms with Crippen LogP contribution in [0.5, 0.6) is 0 Å². The first kappa shape index (κ1) is 13.7. The molecule has 0 saturated carbocycles. The van der Waals surface area contributed by atoms with Gasteiger partial charge in [-0.2, -0.15) is 0 Å². The second-order valence-electron chi connectivity index (χ2n) is 4.32. The highest BCUT2D eigenvalue weighted by Gasteiger charge is 2.12. The topological polar surface area (TPSA) is 50.9 Å². The summed E-state index contributed by atoms with van der Waals surface area (Å²) in [5.74, 6) is 0. The molecule has 3 rings (SSSR count). The molecule has 3 aromatic rings. The van der Waals surface area contributed by atoms with E-state index < -0.39 is 6.10 Å². The van der Waals surface area contributed by atoms with Crippen LogP contribution in [0, 0.1) is 0 Å². The van der Waals surface area contributed by atoms with E-state index in [0.29, 0.717) is 10.1 Å². The van der Waals surface area contributed by atoms with Gasteiger partial charge >= 0.3 is 0 Å². The summed E-state index contributed by atoms with van der Waals surface area (Å²) < 4.78 is 2.64. The van der Waals surface area contributed by atoms with Crippen LogP contribution >= 0.6 is 31.9 Å². The largest absolute Gasteiger partial charge is 0.388 e. The maximum Gasteiger partial charge on any atom is 0.184 e. The van der Waals surface area contributed by atoms with Gasteiger partial charge in [0.1, 0.15) is 5.52 Å². The second kappa shape index (κ2) is 5.63. The molecular weight excluding hydrogens is 386 g/mol. The zero-order chi connectivity index (χ0) is 14.1. The van der Waals surface area contributed by atoms with Crippen molar-refractivity contribution in [1.29, 1.82) is 0 Å². The fourth-order valence-electron chi connectivity index (χ4n) is 2.05. The van der Waals surface area contributed by atoms with Gasteiger partial charge < -0.3 is 5.11 Å². The van der Waals surface area contributed by atoms with Crippen molar-refractivity contribution in [3.8, 4) is 5.69 Å². The molecular formula is C14H11Br2N3O. The zero-order valence-electron chi connectivity index (χ0n) is 10.4. The lowest BCUT2D eigenvalue weighted by Crippen LogP contribution is -2.00. The number of aromatic nitrogens is 3. The van der Waals surface area contributed by atoms with Gasteiger partial charge in [-0.05, 0) is 45.8 Å². The Kier molecular flexibility index (Phi) is 3.87. The van der Waals surface area contributed by atoms with Crippen molar-refractivity contribution in [1.82, 2.24) is 14.5 Å². The number of hydrogen-bond acceptors (Lipinski definition) is 3. The number of halogens is 2. The molecule has 1 aromatic carbocycles. The third-order valence-electron chi connectivity index (χ3n) is 3.06. The van der Waals surface area contributed by atoms with Crippen LogP contribution in [0.15, 0.2) is 47.3 Å². The molecule has 1 N–H and O–H groups in total. The van der Waals surface area contributed by atoms with Gasteiger partial charge in [-0.15, -0.1) is 0 Å². The quantitative estimate of drug-likeness (QED) is 0.688. The van der Waals surface area contributed by atoms with Crippen LogP contribution in [0.25, 0.3) is 16.9 Å². The molecule has 0 saturated heterocycles. The van der Waals surface area contributed by atoms with Crippen molar-refractivity contribution in [2.45, 2.75) is 6.10 Å². The Hall–Kier alpha value is -1.24. The Morgan fingerprint density at radius 2 is 1.95 bits per heavy atom. The summed E-state index contributed by atoms with van der Waals surface area (Å²) in [6, 6.07) is 11.5. The van der Waals surface area contributed by atoms with Gasteiger partial charge in [0.2, 0.25) is 0 Å². The predicted octanol–water partition coefficient (Wildman–Crippen LogP) is 3.61. The van der Waals surface area contributed by atoms with Crippen molar-refractivity contribution in [3.05, 3.63) is 52.9 Å². The Labute approximate surface area is 132 Å². The Bertz CT molecular complexity index is 740. The van der Waals surface area contributed by atoms with Crippen LogP contribution in [0.3, 0.4) is 0 Å². The number of hydrogen-bond donors (Lipinski definition) is 1. The van der Waals surface area contributed by atoms with Crippen LogP contribution in [0.2, 0.25) is 0 Å². The first-order valence-electron chi connectivity index (χ1n) is 6.04. The maximum atomic E-state index is 9.79. The fourth-order valence-corrected chi connectivity index (χ4v) is 2.99. The van der Waals surface area contributed by atoms with Crippen LogP contribution < -0.4 is 0 Å². The van der Waals surface area contributed by atoms with E-state index in [4.69, 9.17) is 0 Å².